The number of hydrogen-bond acceptors (Lipinski definition) is 4. The molecule has 0 saturated heterocycles. The summed E-state index contributed by atoms with van der Waals surface area (Å²) in [6, 6.07) is 13.7. The zero-order chi connectivity index (χ0) is 18.2. The minimum Gasteiger partial charge on any atom is -0.496 e. The zero-order valence-electron chi connectivity index (χ0n) is 14.2. The Bertz CT molecular complexity index is 730. The van der Waals surface area contributed by atoms with Crippen molar-refractivity contribution >= 4 is 23.6 Å². The van der Waals surface area contributed by atoms with Crippen LogP contribution in [0.25, 0.3) is 0 Å². The van der Waals surface area contributed by atoms with Gasteiger partial charge in [0.15, 0.2) is 0 Å². The Morgan fingerprint density at radius 3 is 2.40 bits per heavy atom. The van der Waals surface area contributed by atoms with E-state index in [1.165, 1.54) is 24.3 Å². The highest BCUT2D eigenvalue weighted by Crippen LogP contribution is 2.29. The van der Waals surface area contributed by atoms with Gasteiger partial charge in [-0.2, -0.15) is 0 Å². The normalized spacial score (nSPS) is 11.6. The Morgan fingerprint density at radius 1 is 1.12 bits per heavy atom. The Balaban J connectivity index is 1.81. The highest BCUT2D eigenvalue weighted by atomic mass is 32.2. The molecule has 2 aromatic carbocycles. The smallest absolute Gasteiger partial charge is 0.335 e. The molecule has 2 N–H and O–H groups in total. The van der Waals surface area contributed by atoms with E-state index in [0.717, 1.165) is 16.4 Å². The quantitative estimate of drug-likeness (QED) is 0.705. The SMILES string of the molecule is COc1ccccc1SCC(C)CNC(=O)c1ccc(C(=O)O)cc1. The average Bonchev–Trinajstić information content (AvgIpc) is 2.64. The van der Waals surface area contributed by atoms with Crippen LogP contribution in [-0.4, -0.2) is 36.4 Å². The van der Waals surface area contributed by atoms with Gasteiger partial charge in [-0.05, 0) is 42.3 Å². The van der Waals surface area contributed by atoms with E-state index in [1.807, 2.05) is 24.3 Å². The van der Waals surface area contributed by atoms with Gasteiger partial charge < -0.3 is 15.2 Å². The van der Waals surface area contributed by atoms with Crippen molar-refractivity contribution in [2.24, 2.45) is 5.92 Å². The van der Waals surface area contributed by atoms with Crippen molar-refractivity contribution in [3.63, 3.8) is 0 Å². The van der Waals surface area contributed by atoms with Crippen LogP contribution >= 0.6 is 11.8 Å². The van der Waals surface area contributed by atoms with E-state index >= 15 is 0 Å². The second kappa shape index (κ2) is 9.13. The number of methoxy groups -OCH3 is 1. The second-order valence-corrected chi connectivity index (χ2v) is 6.72. The van der Waals surface area contributed by atoms with E-state index in [1.54, 1.807) is 18.9 Å². The van der Waals surface area contributed by atoms with Crippen molar-refractivity contribution in [1.82, 2.24) is 5.32 Å². The number of amides is 1. The highest BCUT2D eigenvalue weighted by molar-refractivity contribution is 7.99. The first-order valence-corrected chi connectivity index (χ1v) is 8.87. The minimum absolute atomic E-state index is 0.165. The van der Waals surface area contributed by atoms with Crippen LogP contribution in [0.2, 0.25) is 0 Å². The summed E-state index contributed by atoms with van der Waals surface area (Å²) in [4.78, 5) is 24.0. The molecule has 1 amide bonds. The zero-order valence-corrected chi connectivity index (χ0v) is 15.0. The van der Waals surface area contributed by atoms with Crippen molar-refractivity contribution in [3.05, 3.63) is 59.7 Å². The molecule has 0 aromatic heterocycles. The molecular weight excluding hydrogens is 338 g/mol. The third-order valence-electron chi connectivity index (χ3n) is 3.60. The molecular formula is C19H21NO4S. The number of para-hydroxylation sites is 1. The molecule has 0 radical (unpaired) electrons. The number of hydrogen-bond donors (Lipinski definition) is 2. The molecule has 0 aliphatic carbocycles. The fourth-order valence-corrected chi connectivity index (χ4v) is 3.21. The molecule has 0 bridgehead atoms. The molecule has 2 aromatic rings. The van der Waals surface area contributed by atoms with Crippen molar-refractivity contribution in [2.75, 3.05) is 19.4 Å². The molecule has 0 aliphatic heterocycles. The predicted molar refractivity (Wildman–Crippen MR) is 98.6 cm³/mol. The molecule has 2 rings (SSSR count). The third kappa shape index (κ3) is 5.53. The van der Waals surface area contributed by atoms with Crippen LogP contribution in [0, 0.1) is 5.92 Å². The first-order chi connectivity index (χ1) is 12.0. The fourth-order valence-electron chi connectivity index (χ4n) is 2.16. The van der Waals surface area contributed by atoms with Crippen molar-refractivity contribution < 1.29 is 19.4 Å². The maximum atomic E-state index is 12.1. The largest absolute Gasteiger partial charge is 0.496 e. The van der Waals surface area contributed by atoms with Gasteiger partial charge in [0.1, 0.15) is 5.75 Å². The number of carbonyl (C=O) groups is 2. The Hall–Kier alpha value is -2.47. The fraction of sp³-hybridized carbons (Fsp3) is 0.263. The van der Waals surface area contributed by atoms with Crippen LogP contribution in [-0.2, 0) is 0 Å². The summed E-state index contributed by atoms with van der Waals surface area (Å²) in [6.07, 6.45) is 0. The van der Waals surface area contributed by atoms with Crippen molar-refractivity contribution in [1.29, 1.82) is 0 Å². The summed E-state index contributed by atoms with van der Waals surface area (Å²) in [5.74, 6) is 0.762. The predicted octanol–water partition coefficient (Wildman–Crippen LogP) is 3.55. The van der Waals surface area contributed by atoms with Crippen LogP contribution in [0.15, 0.2) is 53.4 Å². The Kier molecular flexibility index (Phi) is 6.89. The number of carboxylic acids is 1. The first-order valence-electron chi connectivity index (χ1n) is 7.88. The van der Waals surface area contributed by atoms with Gasteiger partial charge in [-0.3, -0.25) is 4.79 Å². The molecule has 1 unspecified atom stereocenters. The lowest BCUT2D eigenvalue weighted by atomic mass is 10.1. The number of ether oxygens (including phenoxy) is 1. The monoisotopic (exact) mass is 359 g/mol. The molecule has 0 fully saturated rings. The molecule has 132 valence electrons. The van der Waals surface area contributed by atoms with E-state index in [-0.39, 0.29) is 17.4 Å². The molecule has 6 heteroatoms. The second-order valence-electron chi connectivity index (χ2n) is 5.66. The Morgan fingerprint density at radius 2 is 1.76 bits per heavy atom. The number of thioether (sulfide) groups is 1. The summed E-state index contributed by atoms with van der Waals surface area (Å²) >= 11 is 1.69. The lowest BCUT2D eigenvalue weighted by Gasteiger charge is -2.14. The summed E-state index contributed by atoms with van der Waals surface area (Å²) in [7, 11) is 1.65. The number of carboxylic acid groups (broad SMARTS) is 1. The maximum Gasteiger partial charge on any atom is 0.335 e. The number of rotatable bonds is 8. The Labute approximate surface area is 151 Å². The summed E-state index contributed by atoms with van der Waals surface area (Å²) in [5.41, 5.74) is 0.618. The minimum atomic E-state index is -1.01. The topological polar surface area (TPSA) is 75.6 Å². The van der Waals surface area contributed by atoms with Crippen molar-refractivity contribution in [3.8, 4) is 5.75 Å². The van der Waals surface area contributed by atoms with Crippen molar-refractivity contribution in [2.45, 2.75) is 11.8 Å². The molecule has 5 nitrogen and oxygen atoms in total. The van der Waals surface area contributed by atoms with Crippen LogP contribution in [0.5, 0.6) is 5.75 Å². The van der Waals surface area contributed by atoms with Gasteiger partial charge in [0.25, 0.3) is 5.91 Å². The number of nitrogens with one attached hydrogen (secondary N) is 1. The molecule has 0 aliphatic rings. The number of carbonyl (C=O) groups excluding carboxylic acids is 1. The lowest BCUT2D eigenvalue weighted by molar-refractivity contribution is 0.0696. The third-order valence-corrected chi connectivity index (χ3v) is 4.98. The van der Waals surface area contributed by atoms with E-state index < -0.39 is 5.97 Å². The molecule has 1 atom stereocenters. The van der Waals surface area contributed by atoms with Gasteiger partial charge in [0.2, 0.25) is 0 Å². The van der Waals surface area contributed by atoms with Gasteiger partial charge in [0, 0.05) is 22.8 Å². The average molecular weight is 359 g/mol. The highest BCUT2D eigenvalue weighted by Gasteiger charge is 2.11. The van der Waals surface area contributed by atoms with Crippen LogP contribution in [0.1, 0.15) is 27.6 Å². The van der Waals surface area contributed by atoms with Crippen LogP contribution in [0.3, 0.4) is 0 Å². The standard InChI is InChI=1S/C19H21NO4S/c1-13(12-25-17-6-4-3-5-16(17)24-2)11-20-18(21)14-7-9-15(10-8-14)19(22)23/h3-10,13H,11-12H2,1-2H3,(H,20,21)(H,22,23). The molecule has 25 heavy (non-hydrogen) atoms. The molecule has 0 spiro atoms. The van der Waals surface area contributed by atoms with Gasteiger partial charge in [-0.25, -0.2) is 4.79 Å². The van der Waals surface area contributed by atoms with E-state index in [4.69, 9.17) is 9.84 Å². The van der Waals surface area contributed by atoms with Crippen LogP contribution in [0.4, 0.5) is 0 Å². The van der Waals surface area contributed by atoms with Gasteiger partial charge >= 0.3 is 5.97 Å². The van der Waals surface area contributed by atoms with Gasteiger partial charge in [-0.1, -0.05) is 19.1 Å². The number of aromatic carboxylic acids is 1. The van der Waals surface area contributed by atoms with E-state index in [2.05, 4.69) is 12.2 Å². The lowest BCUT2D eigenvalue weighted by Crippen LogP contribution is -2.29. The van der Waals surface area contributed by atoms with E-state index in [9.17, 15) is 9.59 Å². The maximum absolute atomic E-state index is 12.1. The van der Waals surface area contributed by atoms with Crippen LogP contribution < -0.4 is 10.1 Å². The molecule has 0 saturated carbocycles. The number of benzene rings is 2. The summed E-state index contributed by atoms with van der Waals surface area (Å²) in [6.45, 7) is 2.61. The first kappa shape index (κ1) is 18.9. The van der Waals surface area contributed by atoms with E-state index in [0.29, 0.717) is 12.1 Å². The summed E-state index contributed by atoms with van der Waals surface area (Å²) in [5, 5.41) is 11.8. The van der Waals surface area contributed by atoms with Gasteiger partial charge in [-0.15, -0.1) is 11.8 Å². The molecule has 0 heterocycles. The summed E-state index contributed by atoms with van der Waals surface area (Å²) < 4.78 is 5.33. The van der Waals surface area contributed by atoms with Gasteiger partial charge in [0.05, 0.1) is 12.7 Å².